The van der Waals surface area contributed by atoms with E-state index in [1.54, 1.807) is 6.07 Å². The van der Waals surface area contributed by atoms with E-state index in [0.717, 1.165) is 10.5 Å². The van der Waals surface area contributed by atoms with Gasteiger partial charge in [0.25, 0.3) is 11.5 Å². The fourth-order valence-electron chi connectivity index (χ4n) is 2.77. The number of hydrogen-bond donors (Lipinski definition) is 2. The predicted octanol–water partition coefficient (Wildman–Crippen LogP) is 2.52. The van der Waals surface area contributed by atoms with E-state index >= 15 is 0 Å². The number of rotatable bonds is 6. The van der Waals surface area contributed by atoms with Gasteiger partial charge in [-0.15, -0.1) is 0 Å². The second kappa shape index (κ2) is 9.06. The number of nitrogens with zero attached hydrogens (tertiary/aromatic N) is 2. The molecule has 0 atom stereocenters. The van der Waals surface area contributed by atoms with Crippen molar-refractivity contribution in [2.24, 2.45) is 0 Å². The summed E-state index contributed by atoms with van der Waals surface area (Å²) in [5.74, 6) is -0.487. The normalized spacial score (nSPS) is 10.6. The van der Waals surface area contributed by atoms with Gasteiger partial charge in [-0.3, -0.25) is 19.1 Å². The van der Waals surface area contributed by atoms with E-state index in [1.807, 2.05) is 30.3 Å². The van der Waals surface area contributed by atoms with Crippen LogP contribution in [0.4, 0.5) is 11.5 Å². The van der Waals surface area contributed by atoms with Crippen molar-refractivity contribution in [3.8, 4) is 5.75 Å². The van der Waals surface area contributed by atoms with Gasteiger partial charge in [0.2, 0.25) is 0 Å². The molecular weight excluding hydrogens is 431 g/mol. The van der Waals surface area contributed by atoms with Crippen molar-refractivity contribution in [2.75, 3.05) is 24.3 Å². The third-order valence-corrected chi connectivity index (χ3v) is 4.90. The van der Waals surface area contributed by atoms with Gasteiger partial charge in [-0.1, -0.05) is 53.5 Å². The van der Waals surface area contributed by atoms with E-state index in [1.165, 1.54) is 23.7 Å². The summed E-state index contributed by atoms with van der Waals surface area (Å²) in [7, 11) is 1.36. The van der Waals surface area contributed by atoms with E-state index in [-0.39, 0.29) is 28.8 Å². The van der Waals surface area contributed by atoms with Crippen molar-refractivity contribution in [1.29, 1.82) is 0 Å². The van der Waals surface area contributed by atoms with Gasteiger partial charge in [-0.05, 0) is 17.7 Å². The topological polar surface area (TPSA) is 110 Å². The Morgan fingerprint density at radius 2 is 1.87 bits per heavy atom. The van der Waals surface area contributed by atoms with Crippen LogP contribution < -0.4 is 26.6 Å². The molecule has 3 N–H and O–H groups in total. The van der Waals surface area contributed by atoms with Crippen LogP contribution in [0.2, 0.25) is 10.0 Å². The van der Waals surface area contributed by atoms with Gasteiger partial charge < -0.3 is 15.4 Å². The number of likely N-dealkylation sites (N-methyl/N-ethyl adjacent to an activating group) is 1. The first-order valence-electron chi connectivity index (χ1n) is 8.79. The van der Waals surface area contributed by atoms with Gasteiger partial charge in [-0.25, -0.2) is 4.79 Å². The predicted molar refractivity (Wildman–Crippen MR) is 117 cm³/mol. The summed E-state index contributed by atoms with van der Waals surface area (Å²) in [6.45, 7) is -0.292. The highest BCUT2D eigenvalue weighted by Gasteiger charge is 2.21. The van der Waals surface area contributed by atoms with E-state index in [4.69, 9.17) is 33.7 Å². The highest BCUT2D eigenvalue weighted by atomic mass is 35.5. The van der Waals surface area contributed by atoms with Crippen molar-refractivity contribution >= 4 is 40.6 Å². The lowest BCUT2D eigenvalue weighted by atomic mass is 10.2. The monoisotopic (exact) mass is 448 g/mol. The Kier molecular flexibility index (Phi) is 6.49. The summed E-state index contributed by atoms with van der Waals surface area (Å²) in [6, 6.07) is 13.7. The van der Waals surface area contributed by atoms with Crippen molar-refractivity contribution in [2.45, 2.75) is 6.54 Å². The number of H-pyrrole nitrogens is 1. The second-order valence-corrected chi connectivity index (χ2v) is 7.22. The molecule has 0 radical (unpaired) electrons. The molecule has 0 saturated heterocycles. The molecule has 0 aliphatic carbocycles. The third kappa shape index (κ3) is 4.67. The molecule has 0 saturated carbocycles. The van der Waals surface area contributed by atoms with Gasteiger partial charge in [-0.2, -0.15) is 0 Å². The van der Waals surface area contributed by atoms with E-state index in [9.17, 15) is 14.4 Å². The summed E-state index contributed by atoms with van der Waals surface area (Å²) < 4.78 is 6.61. The minimum Gasteiger partial charge on any atom is -0.482 e. The third-order valence-electron chi connectivity index (χ3n) is 4.35. The standard InChI is InChI=1S/C20H18Cl2N4O4/c1-25(16(27)11-30-15-9-13(21)7-8-14(15)22)17-18(23)26(20(29)24-19(17)28)10-12-5-3-2-4-6-12/h2-9H,10-11,23H2,1H3,(H,24,28,29). The van der Waals surface area contributed by atoms with Crippen molar-refractivity contribution in [1.82, 2.24) is 9.55 Å². The van der Waals surface area contributed by atoms with Gasteiger partial charge in [0.05, 0.1) is 11.6 Å². The Bertz CT molecular complexity index is 1190. The Morgan fingerprint density at radius 3 is 2.57 bits per heavy atom. The number of benzene rings is 2. The zero-order valence-corrected chi connectivity index (χ0v) is 17.4. The summed E-state index contributed by atoms with van der Waals surface area (Å²) in [4.78, 5) is 40.5. The number of ether oxygens (including phenoxy) is 1. The molecule has 0 fully saturated rings. The Morgan fingerprint density at radius 1 is 1.17 bits per heavy atom. The molecule has 0 aliphatic rings. The molecule has 3 rings (SSSR count). The number of aromatic nitrogens is 2. The molecule has 0 aliphatic heterocycles. The molecule has 8 nitrogen and oxygen atoms in total. The maximum atomic E-state index is 12.6. The zero-order chi connectivity index (χ0) is 21.8. The molecule has 0 spiro atoms. The van der Waals surface area contributed by atoms with Gasteiger partial charge >= 0.3 is 5.69 Å². The average Bonchev–Trinajstić information content (AvgIpc) is 2.72. The van der Waals surface area contributed by atoms with Crippen molar-refractivity contribution < 1.29 is 9.53 Å². The summed E-state index contributed by atoms with van der Waals surface area (Å²) >= 11 is 11.9. The number of nitrogen functional groups attached to an aromatic ring is 1. The quantitative estimate of drug-likeness (QED) is 0.601. The van der Waals surface area contributed by atoms with E-state index in [2.05, 4.69) is 4.98 Å². The van der Waals surface area contributed by atoms with Crippen molar-refractivity contribution in [3.05, 3.63) is 85.0 Å². The molecule has 0 bridgehead atoms. The SMILES string of the molecule is CN(C(=O)COc1cc(Cl)ccc1Cl)c1c(N)n(Cc2ccccc2)c(=O)[nH]c1=O. The molecule has 30 heavy (non-hydrogen) atoms. The number of nitrogens with one attached hydrogen (secondary N) is 1. The van der Waals surface area contributed by atoms with Crippen LogP contribution in [0, 0.1) is 0 Å². The minimum absolute atomic E-state index is 0.131. The van der Waals surface area contributed by atoms with E-state index < -0.39 is 23.8 Å². The van der Waals surface area contributed by atoms with Crippen LogP contribution in [-0.2, 0) is 11.3 Å². The number of hydrogen-bond acceptors (Lipinski definition) is 5. The maximum Gasteiger partial charge on any atom is 0.330 e. The smallest absolute Gasteiger partial charge is 0.330 e. The first-order chi connectivity index (χ1) is 14.3. The number of aromatic amines is 1. The molecule has 10 heteroatoms. The number of carbonyl (C=O) groups excluding carboxylic acids is 1. The zero-order valence-electron chi connectivity index (χ0n) is 15.9. The summed E-state index contributed by atoms with van der Waals surface area (Å²) in [5, 5.41) is 0.674. The lowest BCUT2D eigenvalue weighted by Crippen LogP contribution is -2.41. The first kappa shape index (κ1) is 21.5. The van der Waals surface area contributed by atoms with Gasteiger partial charge in [0.1, 0.15) is 11.6 Å². The molecule has 1 aromatic heterocycles. The maximum absolute atomic E-state index is 12.6. The minimum atomic E-state index is -0.779. The van der Waals surface area contributed by atoms with Crippen LogP contribution in [0.5, 0.6) is 5.75 Å². The largest absolute Gasteiger partial charge is 0.482 e. The Labute approximate surface area is 181 Å². The fraction of sp³-hybridized carbons (Fsp3) is 0.150. The van der Waals surface area contributed by atoms with E-state index in [0.29, 0.717) is 5.02 Å². The number of carbonyl (C=O) groups is 1. The molecule has 3 aromatic rings. The van der Waals surface area contributed by atoms with Gasteiger partial charge in [0, 0.05) is 18.1 Å². The van der Waals surface area contributed by atoms with Gasteiger partial charge in [0.15, 0.2) is 12.3 Å². The van der Waals surface area contributed by atoms with Crippen LogP contribution in [-0.4, -0.2) is 29.1 Å². The van der Waals surface area contributed by atoms with Crippen LogP contribution in [0.1, 0.15) is 5.56 Å². The molecule has 156 valence electrons. The summed E-state index contributed by atoms with van der Waals surface area (Å²) in [6.07, 6.45) is 0. The first-order valence-corrected chi connectivity index (χ1v) is 9.54. The molecular formula is C20H18Cl2N4O4. The van der Waals surface area contributed by atoms with Crippen LogP contribution in [0.25, 0.3) is 0 Å². The molecule has 0 unspecified atom stereocenters. The molecule has 2 aromatic carbocycles. The highest BCUT2D eigenvalue weighted by Crippen LogP contribution is 2.27. The summed E-state index contributed by atoms with van der Waals surface area (Å²) in [5.41, 5.74) is 5.29. The highest BCUT2D eigenvalue weighted by molar-refractivity contribution is 6.34. The van der Waals surface area contributed by atoms with Crippen LogP contribution in [0.15, 0.2) is 58.1 Å². The number of nitrogens with two attached hydrogens (primary N) is 1. The fourth-order valence-corrected chi connectivity index (χ4v) is 3.11. The Hall–Kier alpha value is -3.23. The molecule has 1 heterocycles. The van der Waals surface area contributed by atoms with Crippen LogP contribution in [0.3, 0.4) is 0 Å². The van der Waals surface area contributed by atoms with Crippen LogP contribution >= 0.6 is 23.2 Å². The number of anilines is 2. The van der Waals surface area contributed by atoms with Crippen molar-refractivity contribution in [3.63, 3.8) is 0 Å². The average molecular weight is 449 g/mol. The lowest BCUT2D eigenvalue weighted by Gasteiger charge is -2.20. The lowest BCUT2D eigenvalue weighted by molar-refractivity contribution is -0.120. The number of amides is 1. The number of halogens is 2. The Balaban J connectivity index is 1.86. The second-order valence-electron chi connectivity index (χ2n) is 6.38. The molecule has 1 amide bonds.